The van der Waals surface area contributed by atoms with Gasteiger partial charge < -0.3 is 19.4 Å². The molecule has 0 aromatic rings. The van der Waals surface area contributed by atoms with Crippen molar-refractivity contribution >= 4 is 36.0 Å². The molecule has 142 valence electrons. The Labute approximate surface area is 164 Å². The molecule has 1 aliphatic rings. The second-order valence-electron chi connectivity index (χ2n) is 7.37. The average molecular weight is 454 g/mol. The van der Waals surface area contributed by atoms with Gasteiger partial charge in [0.25, 0.3) is 0 Å². The standard InChI is InChI=1S/C17H34N4O2.HI/c1-8-20(16(22)23-17(2,3)4)13-14-9-11-21(12-10-14)15(18-5)19(6)7;/h14H,8-13H2,1-7H3;1H. The van der Waals surface area contributed by atoms with Gasteiger partial charge in [-0.2, -0.15) is 0 Å². The van der Waals surface area contributed by atoms with E-state index in [0.29, 0.717) is 12.5 Å². The van der Waals surface area contributed by atoms with Gasteiger partial charge in [-0.15, -0.1) is 24.0 Å². The van der Waals surface area contributed by atoms with Crippen molar-refractivity contribution in [2.75, 3.05) is 47.3 Å². The first-order chi connectivity index (χ1) is 10.7. The molecule has 0 aromatic heterocycles. The van der Waals surface area contributed by atoms with Crippen molar-refractivity contribution in [3.63, 3.8) is 0 Å². The number of piperidine rings is 1. The summed E-state index contributed by atoms with van der Waals surface area (Å²) in [5.41, 5.74) is -0.438. The van der Waals surface area contributed by atoms with Gasteiger partial charge in [-0.05, 0) is 46.5 Å². The van der Waals surface area contributed by atoms with Crippen LogP contribution in [0.15, 0.2) is 4.99 Å². The monoisotopic (exact) mass is 454 g/mol. The zero-order valence-electron chi connectivity index (χ0n) is 16.3. The first-order valence-electron chi connectivity index (χ1n) is 8.55. The summed E-state index contributed by atoms with van der Waals surface area (Å²) in [6, 6.07) is 0. The second-order valence-corrected chi connectivity index (χ2v) is 7.37. The molecule has 0 atom stereocenters. The quantitative estimate of drug-likeness (QED) is 0.374. The topological polar surface area (TPSA) is 48.4 Å². The molecule has 1 fully saturated rings. The van der Waals surface area contributed by atoms with Crippen LogP contribution in [-0.4, -0.2) is 79.7 Å². The van der Waals surface area contributed by atoms with Crippen LogP contribution in [-0.2, 0) is 4.74 Å². The maximum Gasteiger partial charge on any atom is 0.410 e. The van der Waals surface area contributed by atoms with Crippen LogP contribution in [0.1, 0.15) is 40.5 Å². The SMILES string of the molecule is CCN(CC1CCN(C(=NC)N(C)C)CC1)C(=O)OC(C)(C)C.I. The minimum Gasteiger partial charge on any atom is -0.444 e. The molecule has 1 heterocycles. The molecule has 0 aromatic carbocycles. The van der Waals surface area contributed by atoms with E-state index in [9.17, 15) is 4.79 Å². The van der Waals surface area contributed by atoms with Crippen LogP contribution < -0.4 is 0 Å². The lowest BCUT2D eigenvalue weighted by Crippen LogP contribution is -2.47. The smallest absolute Gasteiger partial charge is 0.410 e. The van der Waals surface area contributed by atoms with Gasteiger partial charge in [0.2, 0.25) is 0 Å². The van der Waals surface area contributed by atoms with Gasteiger partial charge in [0.15, 0.2) is 5.96 Å². The molecule has 24 heavy (non-hydrogen) atoms. The zero-order valence-corrected chi connectivity index (χ0v) is 18.7. The van der Waals surface area contributed by atoms with Crippen molar-refractivity contribution in [1.82, 2.24) is 14.7 Å². The molecule has 0 aliphatic carbocycles. The lowest BCUT2D eigenvalue weighted by molar-refractivity contribution is 0.0213. The minimum absolute atomic E-state index is 0. The fourth-order valence-electron chi connectivity index (χ4n) is 2.91. The largest absolute Gasteiger partial charge is 0.444 e. The Morgan fingerprint density at radius 1 is 1.25 bits per heavy atom. The number of aliphatic imine (C=N–C) groups is 1. The van der Waals surface area contributed by atoms with Gasteiger partial charge in [-0.25, -0.2) is 4.79 Å². The third-order valence-electron chi connectivity index (χ3n) is 4.01. The molecular formula is C17H35IN4O2. The molecule has 1 saturated heterocycles. The number of rotatable bonds is 3. The average Bonchev–Trinajstić information content (AvgIpc) is 2.44. The summed E-state index contributed by atoms with van der Waals surface area (Å²) in [7, 11) is 5.88. The molecule has 1 rings (SSSR count). The van der Waals surface area contributed by atoms with E-state index in [2.05, 4.69) is 14.8 Å². The van der Waals surface area contributed by atoms with Crippen LogP contribution in [0.5, 0.6) is 0 Å². The van der Waals surface area contributed by atoms with E-state index >= 15 is 0 Å². The minimum atomic E-state index is -0.438. The summed E-state index contributed by atoms with van der Waals surface area (Å²) in [5.74, 6) is 1.56. The first kappa shape index (κ1) is 23.3. The third kappa shape index (κ3) is 7.44. The zero-order chi connectivity index (χ0) is 17.6. The van der Waals surface area contributed by atoms with Crippen LogP contribution in [0, 0.1) is 5.92 Å². The molecule has 6 nitrogen and oxygen atoms in total. The normalized spacial score (nSPS) is 16.5. The number of guanidine groups is 1. The van der Waals surface area contributed by atoms with Crippen LogP contribution >= 0.6 is 24.0 Å². The fraction of sp³-hybridized carbons (Fsp3) is 0.882. The molecule has 0 spiro atoms. The number of hydrogen-bond acceptors (Lipinski definition) is 3. The van der Waals surface area contributed by atoms with Gasteiger partial charge in [0.05, 0.1) is 0 Å². The van der Waals surface area contributed by atoms with E-state index in [1.807, 2.05) is 53.7 Å². The molecule has 0 N–H and O–H groups in total. The summed E-state index contributed by atoms with van der Waals surface area (Å²) >= 11 is 0. The highest BCUT2D eigenvalue weighted by Gasteiger charge is 2.27. The maximum absolute atomic E-state index is 12.2. The Hall–Kier alpha value is -0.730. The van der Waals surface area contributed by atoms with Crippen molar-refractivity contribution in [2.24, 2.45) is 10.9 Å². The van der Waals surface area contributed by atoms with Crippen LogP contribution in [0.3, 0.4) is 0 Å². The Balaban J connectivity index is 0.00000529. The number of hydrogen-bond donors (Lipinski definition) is 0. The van der Waals surface area contributed by atoms with Gasteiger partial charge in [0, 0.05) is 47.3 Å². The summed E-state index contributed by atoms with van der Waals surface area (Å²) in [4.78, 5) is 22.8. The van der Waals surface area contributed by atoms with E-state index in [1.165, 1.54) is 0 Å². The first-order valence-corrected chi connectivity index (χ1v) is 8.55. The lowest BCUT2D eigenvalue weighted by Gasteiger charge is -2.37. The van der Waals surface area contributed by atoms with Crippen LogP contribution in [0.2, 0.25) is 0 Å². The molecule has 1 amide bonds. The Bertz CT molecular complexity index is 413. The molecule has 0 bridgehead atoms. The van der Waals surface area contributed by atoms with Gasteiger partial charge >= 0.3 is 6.09 Å². The summed E-state index contributed by atoms with van der Waals surface area (Å²) in [6.45, 7) is 11.2. The Morgan fingerprint density at radius 2 is 1.79 bits per heavy atom. The number of likely N-dealkylation sites (tertiary alicyclic amines) is 1. The lowest BCUT2D eigenvalue weighted by atomic mass is 9.96. The van der Waals surface area contributed by atoms with E-state index in [-0.39, 0.29) is 30.1 Å². The number of ether oxygens (including phenoxy) is 1. The molecule has 0 saturated carbocycles. The van der Waals surface area contributed by atoms with E-state index in [4.69, 9.17) is 4.74 Å². The molecular weight excluding hydrogens is 419 g/mol. The van der Waals surface area contributed by atoms with E-state index < -0.39 is 5.60 Å². The van der Waals surface area contributed by atoms with Gasteiger partial charge in [0.1, 0.15) is 5.60 Å². The van der Waals surface area contributed by atoms with E-state index in [0.717, 1.165) is 38.4 Å². The molecule has 0 unspecified atom stereocenters. The highest BCUT2D eigenvalue weighted by molar-refractivity contribution is 14.0. The molecule has 0 radical (unpaired) electrons. The number of amides is 1. The number of carbonyl (C=O) groups excluding carboxylic acids is 1. The fourth-order valence-corrected chi connectivity index (χ4v) is 2.91. The van der Waals surface area contributed by atoms with Gasteiger partial charge in [-0.3, -0.25) is 4.99 Å². The van der Waals surface area contributed by atoms with Crippen LogP contribution in [0.25, 0.3) is 0 Å². The Morgan fingerprint density at radius 3 is 2.17 bits per heavy atom. The van der Waals surface area contributed by atoms with E-state index in [1.54, 1.807) is 0 Å². The van der Waals surface area contributed by atoms with Crippen LogP contribution in [0.4, 0.5) is 4.79 Å². The number of halogens is 1. The van der Waals surface area contributed by atoms with Crippen molar-refractivity contribution in [3.05, 3.63) is 0 Å². The Kier molecular flexibility index (Phi) is 9.99. The van der Waals surface area contributed by atoms with Crippen molar-refractivity contribution in [2.45, 2.75) is 46.1 Å². The number of nitrogens with zero attached hydrogens (tertiary/aromatic N) is 4. The predicted octanol–water partition coefficient (Wildman–Crippen LogP) is 3.12. The van der Waals surface area contributed by atoms with Crippen molar-refractivity contribution in [1.29, 1.82) is 0 Å². The summed E-state index contributed by atoms with van der Waals surface area (Å²) in [5, 5.41) is 0. The summed E-state index contributed by atoms with van der Waals surface area (Å²) in [6.07, 6.45) is 1.95. The second kappa shape index (κ2) is 10.3. The maximum atomic E-state index is 12.2. The van der Waals surface area contributed by atoms with Crippen molar-refractivity contribution in [3.8, 4) is 0 Å². The predicted molar refractivity (Wildman–Crippen MR) is 110 cm³/mol. The molecule has 7 heteroatoms. The molecule has 1 aliphatic heterocycles. The third-order valence-corrected chi connectivity index (χ3v) is 4.01. The van der Waals surface area contributed by atoms with Crippen molar-refractivity contribution < 1.29 is 9.53 Å². The highest BCUT2D eigenvalue weighted by Crippen LogP contribution is 2.20. The number of carbonyl (C=O) groups is 1. The van der Waals surface area contributed by atoms with Gasteiger partial charge in [-0.1, -0.05) is 0 Å². The highest BCUT2D eigenvalue weighted by atomic mass is 127. The summed E-state index contributed by atoms with van der Waals surface area (Å²) < 4.78 is 5.49.